The molecule has 0 saturated heterocycles. The van der Waals surface area contributed by atoms with Crippen molar-refractivity contribution in [2.75, 3.05) is 0 Å². The number of benzene rings is 1. The number of pyridine rings is 1. The number of amides is 1. The van der Waals surface area contributed by atoms with Crippen LogP contribution in [-0.2, 0) is 13.1 Å². The molecule has 1 amide bonds. The van der Waals surface area contributed by atoms with E-state index in [0.717, 1.165) is 11.2 Å². The van der Waals surface area contributed by atoms with Crippen LogP contribution in [-0.4, -0.2) is 25.1 Å². The van der Waals surface area contributed by atoms with E-state index in [0.29, 0.717) is 17.3 Å². The number of hydrogen-bond donors (Lipinski definition) is 1. The lowest BCUT2D eigenvalue weighted by atomic mass is 10.2. The zero-order valence-electron chi connectivity index (χ0n) is 14.7. The largest absolute Gasteiger partial charge is 0.345 e. The van der Waals surface area contributed by atoms with Gasteiger partial charge in [0, 0.05) is 18.5 Å². The number of nitrogens with zero attached hydrogens (tertiary/aromatic N) is 4. The highest BCUT2D eigenvalue weighted by Gasteiger charge is 2.11. The Morgan fingerprint density at radius 2 is 1.86 bits per heavy atom. The van der Waals surface area contributed by atoms with E-state index in [1.54, 1.807) is 28.9 Å². The van der Waals surface area contributed by atoms with Crippen LogP contribution in [0.2, 0.25) is 5.02 Å². The number of imidazole rings is 1. The van der Waals surface area contributed by atoms with Crippen LogP contribution in [0.3, 0.4) is 0 Å². The van der Waals surface area contributed by atoms with Crippen LogP contribution in [0.5, 0.6) is 0 Å². The van der Waals surface area contributed by atoms with E-state index in [9.17, 15) is 9.59 Å². The van der Waals surface area contributed by atoms with Crippen LogP contribution >= 0.6 is 11.6 Å². The average molecular weight is 394 g/mol. The van der Waals surface area contributed by atoms with E-state index < -0.39 is 0 Å². The summed E-state index contributed by atoms with van der Waals surface area (Å²) in [5.41, 5.74) is 2.26. The second-order valence-electron chi connectivity index (χ2n) is 6.23. The molecular weight excluding hydrogens is 378 g/mol. The van der Waals surface area contributed by atoms with Crippen LogP contribution in [0.4, 0.5) is 0 Å². The minimum atomic E-state index is -0.378. The standard InChI is InChI=1S/C20H16ClN5O2/c21-15-6-8-18-23-16(13-25(18)12-15)10-22-20(28)17-7-9-19(27)26(24-17)11-14-4-2-1-3-5-14/h1-9,12-13H,10-11H2,(H,22,28). The van der Waals surface area contributed by atoms with Gasteiger partial charge in [0.15, 0.2) is 0 Å². The molecule has 3 aromatic heterocycles. The minimum Gasteiger partial charge on any atom is -0.345 e. The highest BCUT2D eigenvalue weighted by Crippen LogP contribution is 2.11. The number of halogens is 1. The normalized spacial score (nSPS) is 10.9. The van der Waals surface area contributed by atoms with Gasteiger partial charge in [0.2, 0.25) is 0 Å². The number of hydrogen-bond acceptors (Lipinski definition) is 4. The van der Waals surface area contributed by atoms with E-state index in [4.69, 9.17) is 11.6 Å². The molecule has 7 nitrogen and oxygen atoms in total. The molecule has 4 rings (SSSR count). The molecule has 1 aromatic carbocycles. The van der Waals surface area contributed by atoms with Crippen LogP contribution < -0.4 is 10.9 Å². The third kappa shape index (κ3) is 3.94. The molecule has 0 aliphatic heterocycles. The fourth-order valence-corrected chi connectivity index (χ4v) is 2.97. The number of aromatic nitrogens is 4. The molecule has 1 N–H and O–H groups in total. The summed E-state index contributed by atoms with van der Waals surface area (Å²) in [6, 6.07) is 15.8. The Morgan fingerprint density at radius 3 is 2.68 bits per heavy atom. The molecule has 0 aliphatic rings. The number of carbonyl (C=O) groups excluding carboxylic acids is 1. The maximum absolute atomic E-state index is 12.5. The van der Waals surface area contributed by atoms with Crippen LogP contribution in [0, 0.1) is 0 Å². The van der Waals surface area contributed by atoms with E-state index in [2.05, 4.69) is 15.4 Å². The first-order chi connectivity index (χ1) is 13.6. The van der Waals surface area contributed by atoms with Gasteiger partial charge in [-0.3, -0.25) is 9.59 Å². The van der Waals surface area contributed by atoms with Crippen molar-refractivity contribution in [2.24, 2.45) is 0 Å². The summed E-state index contributed by atoms with van der Waals surface area (Å²) in [4.78, 5) is 28.9. The van der Waals surface area contributed by atoms with E-state index in [-0.39, 0.29) is 23.7 Å². The van der Waals surface area contributed by atoms with Crippen molar-refractivity contribution in [3.63, 3.8) is 0 Å². The summed E-state index contributed by atoms with van der Waals surface area (Å²) in [5.74, 6) is -0.378. The molecule has 0 unspecified atom stereocenters. The van der Waals surface area contributed by atoms with Crippen LogP contribution in [0.25, 0.3) is 5.65 Å². The van der Waals surface area contributed by atoms with Gasteiger partial charge in [0.25, 0.3) is 11.5 Å². The number of fused-ring (bicyclic) bond motifs is 1. The molecule has 3 heterocycles. The van der Waals surface area contributed by atoms with Crippen LogP contribution in [0.1, 0.15) is 21.7 Å². The smallest absolute Gasteiger partial charge is 0.272 e. The molecular formula is C20H16ClN5O2. The maximum atomic E-state index is 12.5. The fraction of sp³-hybridized carbons (Fsp3) is 0.100. The van der Waals surface area contributed by atoms with Gasteiger partial charge in [0.05, 0.1) is 23.8 Å². The van der Waals surface area contributed by atoms with Gasteiger partial charge in [-0.25, -0.2) is 9.67 Å². The van der Waals surface area contributed by atoms with Crippen molar-refractivity contribution in [1.82, 2.24) is 24.5 Å². The van der Waals surface area contributed by atoms with Gasteiger partial charge in [-0.05, 0) is 23.8 Å². The second-order valence-corrected chi connectivity index (χ2v) is 6.66. The molecule has 4 aromatic rings. The average Bonchev–Trinajstić information content (AvgIpc) is 3.10. The maximum Gasteiger partial charge on any atom is 0.272 e. The van der Waals surface area contributed by atoms with Crippen molar-refractivity contribution in [1.29, 1.82) is 0 Å². The van der Waals surface area contributed by atoms with Crippen molar-refractivity contribution in [3.8, 4) is 0 Å². The Hall–Kier alpha value is -3.45. The Kier molecular flexibility index (Phi) is 4.90. The van der Waals surface area contributed by atoms with Gasteiger partial charge >= 0.3 is 0 Å². The summed E-state index contributed by atoms with van der Waals surface area (Å²) in [6.07, 6.45) is 3.54. The van der Waals surface area contributed by atoms with Crippen LogP contribution in [0.15, 0.2) is 71.8 Å². The number of rotatable bonds is 5. The lowest BCUT2D eigenvalue weighted by molar-refractivity contribution is 0.0943. The summed E-state index contributed by atoms with van der Waals surface area (Å²) in [6.45, 7) is 0.533. The first kappa shape index (κ1) is 17.9. The highest BCUT2D eigenvalue weighted by molar-refractivity contribution is 6.30. The summed E-state index contributed by atoms with van der Waals surface area (Å²) < 4.78 is 3.07. The zero-order valence-corrected chi connectivity index (χ0v) is 15.5. The molecule has 0 saturated carbocycles. The van der Waals surface area contributed by atoms with Gasteiger partial charge in [0.1, 0.15) is 11.3 Å². The molecule has 8 heteroatoms. The third-order valence-electron chi connectivity index (χ3n) is 4.17. The Balaban J connectivity index is 1.48. The van der Waals surface area contributed by atoms with Crippen molar-refractivity contribution in [3.05, 3.63) is 99.3 Å². The molecule has 28 heavy (non-hydrogen) atoms. The van der Waals surface area contributed by atoms with Gasteiger partial charge in [-0.15, -0.1) is 0 Å². The second kappa shape index (κ2) is 7.66. The lowest BCUT2D eigenvalue weighted by Crippen LogP contribution is -2.29. The Bertz CT molecular complexity index is 1200. The molecule has 0 atom stereocenters. The summed E-state index contributed by atoms with van der Waals surface area (Å²) in [7, 11) is 0. The molecule has 140 valence electrons. The van der Waals surface area contributed by atoms with Crippen molar-refractivity contribution in [2.45, 2.75) is 13.1 Å². The number of carbonyl (C=O) groups is 1. The van der Waals surface area contributed by atoms with E-state index in [1.165, 1.54) is 16.8 Å². The molecule has 0 fully saturated rings. The molecule has 0 aliphatic carbocycles. The first-order valence-corrected chi connectivity index (χ1v) is 9.00. The highest BCUT2D eigenvalue weighted by atomic mass is 35.5. The zero-order chi connectivity index (χ0) is 19.5. The van der Waals surface area contributed by atoms with Crippen molar-refractivity contribution < 1.29 is 4.79 Å². The monoisotopic (exact) mass is 393 g/mol. The molecule has 0 bridgehead atoms. The summed E-state index contributed by atoms with van der Waals surface area (Å²) >= 11 is 5.97. The first-order valence-electron chi connectivity index (χ1n) is 8.62. The van der Waals surface area contributed by atoms with Gasteiger partial charge in [-0.1, -0.05) is 41.9 Å². The predicted octanol–water partition coefficient (Wildman–Crippen LogP) is 2.52. The number of nitrogens with one attached hydrogen (secondary N) is 1. The molecule has 0 spiro atoms. The van der Waals surface area contributed by atoms with E-state index in [1.807, 2.05) is 30.3 Å². The minimum absolute atomic E-state index is 0.169. The SMILES string of the molecule is O=C(NCc1cn2cc(Cl)ccc2n1)c1ccc(=O)n(Cc2ccccc2)n1. The van der Waals surface area contributed by atoms with E-state index >= 15 is 0 Å². The quantitative estimate of drug-likeness (QED) is 0.565. The van der Waals surface area contributed by atoms with Gasteiger partial charge < -0.3 is 9.72 Å². The fourth-order valence-electron chi connectivity index (χ4n) is 2.80. The predicted molar refractivity (Wildman–Crippen MR) is 105 cm³/mol. The summed E-state index contributed by atoms with van der Waals surface area (Å²) in [5, 5.41) is 7.56. The van der Waals surface area contributed by atoms with Crippen molar-refractivity contribution >= 4 is 23.2 Å². The van der Waals surface area contributed by atoms with Gasteiger partial charge in [-0.2, -0.15) is 5.10 Å². The third-order valence-corrected chi connectivity index (χ3v) is 4.39. The Morgan fingerprint density at radius 1 is 1.04 bits per heavy atom. The Labute approximate surface area is 165 Å². The molecule has 0 radical (unpaired) electrons. The lowest BCUT2D eigenvalue weighted by Gasteiger charge is -2.07. The topological polar surface area (TPSA) is 81.3 Å².